The third-order valence-corrected chi connectivity index (χ3v) is 2.67. The predicted molar refractivity (Wildman–Crippen MR) is 65.2 cm³/mol. The van der Waals surface area contributed by atoms with Crippen LogP contribution in [0.4, 0.5) is 0 Å². The first-order chi connectivity index (χ1) is 7.56. The summed E-state index contributed by atoms with van der Waals surface area (Å²) >= 11 is 11.3. The number of nitrogens with zero attached hydrogens (tertiary/aromatic N) is 1. The summed E-state index contributed by atoms with van der Waals surface area (Å²) in [5.74, 6) is 0.662. The molecule has 0 N–H and O–H groups in total. The molecule has 1 amide bonds. The van der Waals surface area contributed by atoms with Crippen molar-refractivity contribution in [2.24, 2.45) is 0 Å². The Morgan fingerprint density at radius 3 is 2.62 bits per heavy atom. The van der Waals surface area contributed by atoms with Crippen molar-refractivity contribution in [2.75, 3.05) is 12.4 Å². The van der Waals surface area contributed by atoms with E-state index in [0.29, 0.717) is 12.4 Å². The highest BCUT2D eigenvalue weighted by atomic mass is 35.5. The Balaban J connectivity index is 2.74. The molecule has 0 radical (unpaired) electrons. The largest absolute Gasteiger partial charge is 0.440 e. The molecule has 5 heteroatoms. The maximum absolute atomic E-state index is 12.0. The molecular formula is C11H15Cl2NO2. The molecule has 0 bridgehead atoms. The molecule has 0 aliphatic heterocycles. The van der Waals surface area contributed by atoms with Gasteiger partial charge in [-0.2, -0.15) is 0 Å². The second-order valence-electron chi connectivity index (χ2n) is 3.74. The van der Waals surface area contributed by atoms with E-state index in [4.69, 9.17) is 27.6 Å². The molecule has 1 aromatic rings. The summed E-state index contributed by atoms with van der Waals surface area (Å²) in [6.45, 7) is 4.53. The summed E-state index contributed by atoms with van der Waals surface area (Å²) < 4.78 is 5.10. The van der Waals surface area contributed by atoms with Crippen LogP contribution in [0.2, 0.25) is 5.22 Å². The average Bonchev–Trinajstić information content (AvgIpc) is 2.64. The summed E-state index contributed by atoms with van der Waals surface area (Å²) in [4.78, 5) is 13.8. The van der Waals surface area contributed by atoms with Gasteiger partial charge in [0.2, 0.25) is 0 Å². The van der Waals surface area contributed by atoms with E-state index < -0.39 is 0 Å². The molecule has 0 aromatic carbocycles. The maximum Gasteiger partial charge on any atom is 0.289 e. The fraction of sp³-hybridized carbons (Fsp3) is 0.545. The zero-order chi connectivity index (χ0) is 12.1. The number of hydrogen-bond acceptors (Lipinski definition) is 2. The third kappa shape index (κ3) is 3.42. The van der Waals surface area contributed by atoms with Crippen molar-refractivity contribution in [3.63, 3.8) is 0 Å². The minimum Gasteiger partial charge on any atom is -0.440 e. The van der Waals surface area contributed by atoms with E-state index in [9.17, 15) is 4.79 Å². The summed E-state index contributed by atoms with van der Waals surface area (Å²) in [6, 6.07) is 3.26. The molecule has 0 atom stereocenters. The highest BCUT2D eigenvalue weighted by molar-refractivity contribution is 6.29. The Kier molecular flexibility index (Phi) is 5.16. The lowest BCUT2D eigenvalue weighted by molar-refractivity contribution is 0.0674. The second-order valence-corrected chi connectivity index (χ2v) is 4.49. The van der Waals surface area contributed by atoms with Crippen LogP contribution in [0.3, 0.4) is 0 Å². The van der Waals surface area contributed by atoms with Crippen LogP contribution in [-0.4, -0.2) is 29.3 Å². The normalized spacial score (nSPS) is 10.8. The lowest BCUT2D eigenvalue weighted by Crippen LogP contribution is -2.37. The Morgan fingerprint density at radius 1 is 1.50 bits per heavy atom. The van der Waals surface area contributed by atoms with Crippen LogP contribution in [-0.2, 0) is 0 Å². The van der Waals surface area contributed by atoms with E-state index in [1.54, 1.807) is 17.0 Å². The minimum absolute atomic E-state index is 0.111. The van der Waals surface area contributed by atoms with Gasteiger partial charge in [-0.15, -0.1) is 11.6 Å². The van der Waals surface area contributed by atoms with Crippen LogP contribution in [0, 0.1) is 0 Å². The molecule has 1 heterocycles. The Labute approximate surface area is 105 Å². The lowest BCUT2D eigenvalue weighted by atomic mass is 10.2. The van der Waals surface area contributed by atoms with E-state index in [1.165, 1.54) is 0 Å². The van der Waals surface area contributed by atoms with Gasteiger partial charge in [0.05, 0.1) is 0 Å². The molecule has 0 spiro atoms. The van der Waals surface area contributed by atoms with E-state index >= 15 is 0 Å². The number of halogens is 2. The Morgan fingerprint density at radius 2 is 2.19 bits per heavy atom. The van der Waals surface area contributed by atoms with E-state index in [2.05, 4.69) is 0 Å². The fourth-order valence-electron chi connectivity index (χ4n) is 1.40. The average molecular weight is 264 g/mol. The van der Waals surface area contributed by atoms with Crippen LogP contribution < -0.4 is 0 Å². The van der Waals surface area contributed by atoms with Crippen molar-refractivity contribution in [1.29, 1.82) is 0 Å². The molecule has 0 fully saturated rings. The molecule has 0 saturated heterocycles. The van der Waals surface area contributed by atoms with Crippen molar-refractivity contribution in [3.05, 3.63) is 23.1 Å². The zero-order valence-electron chi connectivity index (χ0n) is 9.37. The highest BCUT2D eigenvalue weighted by Crippen LogP contribution is 2.16. The third-order valence-electron chi connectivity index (χ3n) is 2.20. The number of rotatable bonds is 5. The molecule has 0 saturated carbocycles. The molecule has 1 aromatic heterocycles. The number of hydrogen-bond donors (Lipinski definition) is 0. The quantitative estimate of drug-likeness (QED) is 0.763. The number of amides is 1. The molecule has 0 aliphatic rings. The standard InChI is InChI=1S/C11H15Cl2NO2/c1-8(2)14(7-3-6-12)11(15)9-4-5-10(13)16-9/h4-5,8H,3,6-7H2,1-2H3. The molecular weight excluding hydrogens is 249 g/mol. The molecule has 90 valence electrons. The summed E-state index contributed by atoms with van der Waals surface area (Å²) in [6.07, 6.45) is 0.764. The Hall–Kier alpha value is -0.670. The van der Waals surface area contributed by atoms with Crippen molar-refractivity contribution in [3.8, 4) is 0 Å². The van der Waals surface area contributed by atoms with Gasteiger partial charge in [0.15, 0.2) is 11.0 Å². The number of alkyl halides is 1. The first-order valence-electron chi connectivity index (χ1n) is 5.18. The maximum atomic E-state index is 12.0. The van der Waals surface area contributed by atoms with Crippen LogP contribution in [0.25, 0.3) is 0 Å². The summed E-state index contributed by atoms with van der Waals surface area (Å²) in [7, 11) is 0. The van der Waals surface area contributed by atoms with Crippen LogP contribution in [0.15, 0.2) is 16.5 Å². The van der Waals surface area contributed by atoms with Gasteiger partial charge >= 0.3 is 0 Å². The Bertz CT molecular complexity index is 350. The topological polar surface area (TPSA) is 33.5 Å². The van der Waals surface area contributed by atoms with Gasteiger partial charge in [0, 0.05) is 18.5 Å². The van der Waals surface area contributed by atoms with Crippen molar-refractivity contribution >= 4 is 29.1 Å². The van der Waals surface area contributed by atoms with Crippen molar-refractivity contribution in [1.82, 2.24) is 4.90 Å². The zero-order valence-corrected chi connectivity index (χ0v) is 10.9. The molecule has 0 aliphatic carbocycles. The van der Waals surface area contributed by atoms with Gasteiger partial charge in [-0.1, -0.05) is 0 Å². The molecule has 16 heavy (non-hydrogen) atoms. The van der Waals surface area contributed by atoms with Crippen LogP contribution in [0.5, 0.6) is 0 Å². The highest BCUT2D eigenvalue weighted by Gasteiger charge is 2.21. The van der Waals surface area contributed by atoms with Gasteiger partial charge in [0.1, 0.15) is 0 Å². The summed E-state index contributed by atoms with van der Waals surface area (Å²) in [5, 5.41) is 0.226. The van der Waals surface area contributed by atoms with Gasteiger partial charge in [-0.05, 0) is 44.0 Å². The predicted octanol–water partition coefficient (Wildman–Crippen LogP) is 3.41. The monoisotopic (exact) mass is 263 g/mol. The van der Waals surface area contributed by atoms with E-state index in [1.807, 2.05) is 13.8 Å². The van der Waals surface area contributed by atoms with Gasteiger partial charge in [0.25, 0.3) is 5.91 Å². The van der Waals surface area contributed by atoms with E-state index in [0.717, 1.165) is 6.42 Å². The van der Waals surface area contributed by atoms with Crippen LogP contribution in [0.1, 0.15) is 30.8 Å². The fourth-order valence-corrected chi connectivity index (χ4v) is 1.66. The smallest absolute Gasteiger partial charge is 0.289 e. The van der Waals surface area contributed by atoms with Gasteiger partial charge in [-0.25, -0.2) is 0 Å². The lowest BCUT2D eigenvalue weighted by Gasteiger charge is -2.25. The number of furan rings is 1. The SMILES string of the molecule is CC(C)N(CCCCl)C(=O)c1ccc(Cl)o1. The molecule has 0 unspecified atom stereocenters. The molecule has 1 rings (SSSR count). The molecule has 3 nitrogen and oxygen atoms in total. The minimum atomic E-state index is -0.146. The first kappa shape index (κ1) is 13.4. The summed E-state index contributed by atoms with van der Waals surface area (Å²) in [5.41, 5.74) is 0. The van der Waals surface area contributed by atoms with E-state index in [-0.39, 0.29) is 22.9 Å². The van der Waals surface area contributed by atoms with Crippen molar-refractivity contribution in [2.45, 2.75) is 26.3 Å². The number of carbonyl (C=O) groups is 1. The van der Waals surface area contributed by atoms with Crippen molar-refractivity contribution < 1.29 is 9.21 Å². The van der Waals surface area contributed by atoms with Crippen LogP contribution >= 0.6 is 23.2 Å². The van der Waals surface area contributed by atoms with Gasteiger partial charge in [-0.3, -0.25) is 4.79 Å². The first-order valence-corrected chi connectivity index (χ1v) is 6.09. The second kappa shape index (κ2) is 6.16. The van der Waals surface area contributed by atoms with Gasteiger partial charge < -0.3 is 9.32 Å². The number of carbonyl (C=O) groups excluding carboxylic acids is 1.